The largest absolute Gasteiger partial charge is 0.354 e. The van der Waals surface area contributed by atoms with Gasteiger partial charge < -0.3 is 10.6 Å². The molecule has 0 spiro atoms. The maximum absolute atomic E-state index is 6.17. The van der Waals surface area contributed by atoms with E-state index in [1.165, 1.54) is 10.3 Å². The van der Waals surface area contributed by atoms with E-state index in [9.17, 15) is 0 Å². The number of aromatic nitrogens is 2. The smallest absolute Gasteiger partial charge is 0.140 e. The number of rotatable bonds is 1. The van der Waals surface area contributed by atoms with E-state index in [2.05, 4.69) is 34.8 Å². The third-order valence-electron chi connectivity index (χ3n) is 3.75. The van der Waals surface area contributed by atoms with Gasteiger partial charge in [-0.3, -0.25) is 0 Å². The minimum Gasteiger partial charge on any atom is -0.354 e. The molecule has 0 saturated carbocycles. The minimum atomic E-state index is 0.239. The van der Waals surface area contributed by atoms with E-state index in [1.807, 2.05) is 0 Å². The lowest BCUT2D eigenvalue weighted by Gasteiger charge is -2.35. The summed E-state index contributed by atoms with van der Waals surface area (Å²) >= 11 is 1.72. The summed E-state index contributed by atoms with van der Waals surface area (Å²) in [7, 11) is 0. The highest BCUT2D eigenvalue weighted by molar-refractivity contribution is 7.18. The highest BCUT2D eigenvalue weighted by atomic mass is 32.1. The van der Waals surface area contributed by atoms with Crippen LogP contribution in [0.5, 0.6) is 0 Å². The summed E-state index contributed by atoms with van der Waals surface area (Å²) in [6.07, 6.45) is 2.80. The van der Waals surface area contributed by atoms with Crippen LogP contribution in [0.1, 0.15) is 18.2 Å². The van der Waals surface area contributed by atoms with Gasteiger partial charge in [-0.1, -0.05) is 6.92 Å². The molecule has 4 nitrogen and oxygen atoms in total. The van der Waals surface area contributed by atoms with Gasteiger partial charge in [0.2, 0.25) is 0 Å². The van der Waals surface area contributed by atoms with Gasteiger partial charge in [0.25, 0.3) is 0 Å². The van der Waals surface area contributed by atoms with Crippen molar-refractivity contribution in [1.82, 2.24) is 9.97 Å². The van der Waals surface area contributed by atoms with Crippen molar-refractivity contribution in [2.24, 2.45) is 11.7 Å². The summed E-state index contributed by atoms with van der Waals surface area (Å²) in [5.74, 6) is 1.65. The molecule has 3 heterocycles. The molecule has 2 aromatic rings. The molecule has 0 radical (unpaired) electrons. The molecule has 1 saturated heterocycles. The molecule has 0 aliphatic carbocycles. The molecule has 2 unspecified atom stereocenters. The summed E-state index contributed by atoms with van der Waals surface area (Å²) < 4.78 is 0. The molecule has 2 N–H and O–H groups in total. The lowest BCUT2D eigenvalue weighted by Crippen LogP contribution is -2.47. The van der Waals surface area contributed by atoms with Gasteiger partial charge in [0.05, 0.1) is 5.39 Å². The topological polar surface area (TPSA) is 55.0 Å². The Labute approximate surface area is 111 Å². The Morgan fingerprint density at radius 1 is 1.44 bits per heavy atom. The zero-order valence-corrected chi connectivity index (χ0v) is 11.6. The normalized spacial score (nSPS) is 24.7. The second-order valence-electron chi connectivity index (χ2n) is 5.15. The van der Waals surface area contributed by atoms with E-state index >= 15 is 0 Å². The SMILES string of the molecule is Cc1cc2c(N3CCC(C)C(N)C3)ncnc2s1. The molecule has 2 aromatic heterocycles. The third-order valence-corrected chi connectivity index (χ3v) is 4.71. The highest BCUT2D eigenvalue weighted by Crippen LogP contribution is 2.31. The Kier molecular flexibility index (Phi) is 2.95. The van der Waals surface area contributed by atoms with Crippen LogP contribution in [0.3, 0.4) is 0 Å². The van der Waals surface area contributed by atoms with Crippen LogP contribution in [0.4, 0.5) is 5.82 Å². The summed E-state index contributed by atoms with van der Waals surface area (Å²) in [5.41, 5.74) is 6.17. The Morgan fingerprint density at radius 2 is 2.28 bits per heavy atom. The van der Waals surface area contributed by atoms with E-state index in [0.717, 1.165) is 30.2 Å². The maximum atomic E-state index is 6.17. The predicted octanol–water partition coefficient (Wildman–Crippen LogP) is 2.17. The molecule has 1 aliphatic rings. The first-order valence-corrected chi connectivity index (χ1v) is 7.18. The molecule has 1 fully saturated rings. The van der Waals surface area contributed by atoms with Gasteiger partial charge in [-0.15, -0.1) is 11.3 Å². The Hall–Kier alpha value is -1.20. The Bertz CT molecular complexity index is 565. The molecular weight excluding hydrogens is 244 g/mol. The van der Waals surface area contributed by atoms with Crippen LogP contribution in [0.2, 0.25) is 0 Å². The molecule has 0 aromatic carbocycles. The van der Waals surface area contributed by atoms with Crippen molar-refractivity contribution in [2.75, 3.05) is 18.0 Å². The molecule has 0 bridgehead atoms. The first-order chi connectivity index (χ1) is 8.65. The van der Waals surface area contributed by atoms with Crippen LogP contribution in [0.25, 0.3) is 10.2 Å². The number of hydrogen-bond donors (Lipinski definition) is 1. The third kappa shape index (κ3) is 1.97. The van der Waals surface area contributed by atoms with Crippen molar-refractivity contribution in [3.63, 3.8) is 0 Å². The number of nitrogens with two attached hydrogens (primary N) is 1. The van der Waals surface area contributed by atoms with Gasteiger partial charge >= 0.3 is 0 Å². The minimum absolute atomic E-state index is 0.239. The number of nitrogens with zero attached hydrogens (tertiary/aromatic N) is 3. The monoisotopic (exact) mass is 262 g/mol. The van der Waals surface area contributed by atoms with Crippen LogP contribution in [-0.2, 0) is 0 Å². The number of fused-ring (bicyclic) bond motifs is 1. The van der Waals surface area contributed by atoms with Crippen LogP contribution in [0.15, 0.2) is 12.4 Å². The Morgan fingerprint density at radius 3 is 3.06 bits per heavy atom. The van der Waals surface area contributed by atoms with Gasteiger partial charge in [0.1, 0.15) is 17.0 Å². The zero-order chi connectivity index (χ0) is 12.7. The fraction of sp³-hybridized carbons (Fsp3) is 0.538. The maximum Gasteiger partial charge on any atom is 0.140 e. The number of anilines is 1. The van der Waals surface area contributed by atoms with E-state index in [0.29, 0.717) is 5.92 Å². The van der Waals surface area contributed by atoms with Gasteiger partial charge in [0, 0.05) is 24.0 Å². The van der Waals surface area contributed by atoms with Crippen LogP contribution >= 0.6 is 11.3 Å². The summed E-state index contributed by atoms with van der Waals surface area (Å²) in [6.45, 7) is 6.27. The summed E-state index contributed by atoms with van der Waals surface area (Å²) in [5, 5.41) is 1.17. The summed E-state index contributed by atoms with van der Waals surface area (Å²) in [4.78, 5) is 13.5. The molecule has 5 heteroatoms. The second kappa shape index (κ2) is 4.48. The molecule has 1 aliphatic heterocycles. The van der Waals surface area contributed by atoms with E-state index in [1.54, 1.807) is 17.7 Å². The second-order valence-corrected chi connectivity index (χ2v) is 6.38. The predicted molar refractivity (Wildman–Crippen MR) is 76.1 cm³/mol. The average Bonchev–Trinajstić information content (AvgIpc) is 2.72. The van der Waals surface area contributed by atoms with Crippen molar-refractivity contribution >= 4 is 27.4 Å². The lowest BCUT2D eigenvalue weighted by molar-refractivity contribution is 0.378. The van der Waals surface area contributed by atoms with E-state index in [4.69, 9.17) is 5.73 Å². The van der Waals surface area contributed by atoms with Gasteiger partial charge in [-0.25, -0.2) is 9.97 Å². The van der Waals surface area contributed by atoms with Gasteiger partial charge in [-0.2, -0.15) is 0 Å². The lowest BCUT2D eigenvalue weighted by atomic mass is 9.94. The first-order valence-electron chi connectivity index (χ1n) is 6.37. The molecule has 0 amide bonds. The fourth-order valence-corrected chi connectivity index (χ4v) is 3.35. The Balaban J connectivity index is 1.99. The van der Waals surface area contributed by atoms with Crippen molar-refractivity contribution in [3.8, 4) is 0 Å². The molecule has 2 atom stereocenters. The molecule has 3 rings (SSSR count). The molecular formula is C13H18N4S. The number of hydrogen-bond acceptors (Lipinski definition) is 5. The highest BCUT2D eigenvalue weighted by Gasteiger charge is 2.25. The van der Waals surface area contributed by atoms with Gasteiger partial charge in [-0.05, 0) is 25.3 Å². The van der Waals surface area contributed by atoms with Crippen molar-refractivity contribution in [2.45, 2.75) is 26.3 Å². The summed E-state index contributed by atoms with van der Waals surface area (Å²) in [6, 6.07) is 2.42. The standard InChI is InChI=1S/C13H18N4S/c1-8-3-4-17(6-11(8)14)12-10-5-9(2)18-13(10)16-7-15-12/h5,7-8,11H,3-4,6,14H2,1-2H3. The van der Waals surface area contributed by atoms with Crippen molar-refractivity contribution < 1.29 is 0 Å². The number of thiophene rings is 1. The average molecular weight is 262 g/mol. The van der Waals surface area contributed by atoms with Crippen LogP contribution in [-0.4, -0.2) is 29.1 Å². The molecule has 18 heavy (non-hydrogen) atoms. The van der Waals surface area contributed by atoms with Crippen LogP contribution in [0, 0.1) is 12.8 Å². The van der Waals surface area contributed by atoms with Crippen molar-refractivity contribution in [3.05, 3.63) is 17.3 Å². The van der Waals surface area contributed by atoms with E-state index < -0.39 is 0 Å². The molecule has 96 valence electrons. The van der Waals surface area contributed by atoms with E-state index in [-0.39, 0.29) is 6.04 Å². The van der Waals surface area contributed by atoms with Crippen LogP contribution < -0.4 is 10.6 Å². The number of aryl methyl sites for hydroxylation is 1. The fourth-order valence-electron chi connectivity index (χ4n) is 2.51. The number of piperidine rings is 1. The quantitative estimate of drug-likeness (QED) is 0.856. The zero-order valence-electron chi connectivity index (χ0n) is 10.8. The first kappa shape index (κ1) is 11.9. The van der Waals surface area contributed by atoms with Gasteiger partial charge in [0.15, 0.2) is 0 Å². The van der Waals surface area contributed by atoms with Crippen molar-refractivity contribution in [1.29, 1.82) is 0 Å².